The molecule has 0 aliphatic rings. The SMILES string of the molecule is COc1ccc(CC(=O)Nc2cc(F)ccc2NS(C)(=O)=O)cc1. The first-order chi connectivity index (χ1) is 11.3. The van der Waals surface area contributed by atoms with Crippen LogP contribution in [0, 0.1) is 5.82 Å². The van der Waals surface area contributed by atoms with E-state index in [1.165, 1.54) is 6.07 Å². The lowest BCUT2D eigenvalue weighted by Crippen LogP contribution is -2.17. The summed E-state index contributed by atoms with van der Waals surface area (Å²) in [6.45, 7) is 0. The number of carbonyl (C=O) groups excluding carboxylic acids is 1. The first-order valence-electron chi connectivity index (χ1n) is 6.97. The molecule has 0 saturated carbocycles. The van der Waals surface area contributed by atoms with Gasteiger partial charge in [0.15, 0.2) is 0 Å². The highest BCUT2D eigenvalue weighted by Gasteiger charge is 2.12. The fourth-order valence-electron chi connectivity index (χ4n) is 2.03. The van der Waals surface area contributed by atoms with Gasteiger partial charge in [-0.3, -0.25) is 9.52 Å². The highest BCUT2D eigenvalue weighted by molar-refractivity contribution is 7.92. The van der Waals surface area contributed by atoms with Crippen molar-refractivity contribution < 1.29 is 22.3 Å². The van der Waals surface area contributed by atoms with Crippen molar-refractivity contribution in [1.29, 1.82) is 0 Å². The number of carbonyl (C=O) groups is 1. The quantitative estimate of drug-likeness (QED) is 0.836. The number of hydrogen-bond donors (Lipinski definition) is 2. The zero-order valence-corrected chi connectivity index (χ0v) is 14.0. The number of amides is 1. The predicted molar refractivity (Wildman–Crippen MR) is 90.2 cm³/mol. The lowest BCUT2D eigenvalue weighted by Gasteiger charge is -2.12. The van der Waals surface area contributed by atoms with Gasteiger partial charge in [0.25, 0.3) is 0 Å². The van der Waals surface area contributed by atoms with Gasteiger partial charge < -0.3 is 10.1 Å². The second-order valence-electron chi connectivity index (χ2n) is 5.14. The average molecular weight is 352 g/mol. The molecule has 0 unspecified atom stereocenters. The van der Waals surface area contributed by atoms with E-state index in [1.54, 1.807) is 31.4 Å². The molecule has 0 spiro atoms. The topological polar surface area (TPSA) is 84.5 Å². The number of ether oxygens (including phenoxy) is 1. The molecular weight excluding hydrogens is 335 g/mol. The standard InChI is InChI=1S/C16H17FN2O4S/c1-23-13-6-3-11(4-7-13)9-16(20)18-15-10-12(17)5-8-14(15)19-24(2,21)22/h3-8,10,19H,9H2,1-2H3,(H,18,20). The van der Waals surface area contributed by atoms with E-state index >= 15 is 0 Å². The van der Waals surface area contributed by atoms with Crippen LogP contribution < -0.4 is 14.8 Å². The maximum absolute atomic E-state index is 13.4. The Bertz CT molecular complexity index is 836. The maximum Gasteiger partial charge on any atom is 0.229 e. The molecular formula is C16H17FN2O4S. The van der Waals surface area contributed by atoms with Crippen LogP contribution in [0.2, 0.25) is 0 Å². The van der Waals surface area contributed by atoms with Crippen molar-refractivity contribution in [3.8, 4) is 5.75 Å². The van der Waals surface area contributed by atoms with Crippen molar-refractivity contribution in [1.82, 2.24) is 0 Å². The molecule has 0 radical (unpaired) electrons. The minimum atomic E-state index is -3.55. The number of rotatable bonds is 6. The van der Waals surface area contributed by atoms with Crippen LogP contribution in [0.25, 0.3) is 0 Å². The number of benzene rings is 2. The molecule has 0 fully saturated rings. The lowest BCUT2D eigenvalue weighted by atomic mass is 10.1. The van der Waals surface area contributed by atoms with Gasteiger partial charge in [-0.15, -0.1) is 0 Å². The molecule has 0 aliphatic carbocycles. The fourth-order valence-corrected chi connectivity index (χ4v) is 2.61. The Morgan fingerprint density at radius 2 is 1.79 bits per heavy atom. The van der Waals surface area contributed by atoms with Gasteiger partial charge in [-0.05, 0) is 35.9 Å². The Labute approximate surface area is 139 Å². The third kappa shape index (κ3) is 5.24. The van der Waals surface area contributed by atoms with Crippen molar-refractivity contribution in [3.63, 3.8) is 0 Å². The van der Waals surface area contributed by atoms with Crippen LogP contribution in [0.5, 0.6) is 5.75 Å². The normalized spacial score (nSPS) is 11.0. The van der Waals surface area contributed by atoms with Gasteiger partial charge in [0.1, 0.15) is 11.6 Å². The molecule has 0 heterocycles. The van der Waals surface area contributed by atoms with Crippen LogP contribution in [0.15, 0.2) is 42.5 Å². The van der Waals surface area contributed by atoms with E-state index in [4.69, 9.17) is 4.74 Å². The van der Waals surface area contributed by atoms with E-state index in [-0.39, 0.29) is 17.8 Å². The first-order valence-corrected chi connectivity index (χ1v) is 8.86. The number of anilines is 2. The minimum Gasteiger partial charge on any atom is -0.497 e. The Hall–Kier alpha value is -2.61. The van der Waals surface area contributed by atoms with Crippen molar-refractivity contribution in [3.05, 3.63) is 53.8 Å². The number of nitrogens with one attached hydrogen (secondary N) is 2. The molecule has 0 saturated heterocycles. The lowest BCUT2D eigenvalue weighted by molar-refractivity contribution is -0.115. The molecule has 1 amide bonds. The van der Waals surface area contributed by atoms with Crippen molar-refractivity contribution in [2.45, 2.75) is 6.42 Å². The average Bonchev–Trinajstić information content (AvgIpc) is 2.49. The van der Waals surface area contributed by atoms with Crippen molar-refractivity contribution >= 4 is 27.3 Å². The predicted octanol–water partition coefficient (Wildman–Crippen LogP) is 2.39. The van der Waals surface area contributed by atoms with Crippen LogP contribution >= 0.6 is 0 Å². The van der Waals surface area contributed by atoms with Crippen molar-refractivity contribution in [2.75, 3.05) is 23.4 Å². The third-order valence-corrected chi connectivity index (χ3v) is 3.67. The number of sulfonamides is 1. The van der Waals surface area contributed by atoms with Crippen LogP contribution in [-0.4, -0.2) is 27.7 Å². The van der Waals surface area contributed by atoms with Gasteiger partial charge in [-0.2, -0.15) is 0 Å². The summed E-state index contributed by atoms with van der Waals surface area (Å²) in [5.74, 6) is -0.319. The fraction of sp³-hybridized carbons (Fsp3) is 0.188. The molecule has 2 aromatic rings. The van der Waals surface area contributed by atoms with Gasteiger partial charge in [-0.1, -0.05) is 12.1 Å². The summed E-state index contributed by atoms with van der Waals surface area (Å²) in [6.07, 6.45) is 1.03. The zero-order chi connectivity index (χ0) is 17.7. The van der Waals surface area contributed by atoms with E-state index in [2.05, 4.69) is 10.0 Å². The van der Waals surface area contributed by atoms with E-state index < -0.39 is 21.7 Å². The summed E-state index contributed by atoms with van der Waals surface area (Å²) in [5, 5.41) is 2.51. The zero-order valence-electron chi connectivity index (χ0n) is 13.2. The second kappa shape index (κ2) is 7.31. The number of halogens is 1. The van der Waals surface area contributed by atoms with Crippen LogP contribution in [-0.2, 0) is 21.2 Å². The molecule has 8 heteroatoms. The number of methoxy groups -OCH3 is 1. The van der Waals surface area contributed by atoms with E-state index in [0.29, 0.717) is 5.75 Å². The maximum atomic E-state index is 13.4. The molecule has 0 aromatic heterocycles. The summed E-state index contributed by atoms with van der Waals surface area (Å²) >= 11 is 0. The van der Waals surface area contributed by atoms with Crippen LogP contribution in [0.3, 0.4) is 0 Å². The second-order valence-corrected chi connectivity index (χ2v) is 6.89. The van der Waals surface area contributed by atoms with Gasteiger partial charge in [0, 0.05) is 0 Å². The highest BCUT2D eigenvalue weighted by atomic mass is 32.2. The minimum absolute atomic E-state index is 0.0544. The Morgan fingerprint density at radius 1 is 1.12 bits per heavy atom. The molecule has 6 nitrogen and oxygen atoms in total. The van der Waals surface area contributed by atoms with Gasteiger partial charge >= 0.3 is 0 Å². The van der Waals surface area contributed by atoms with E-state index in [1.807, 2.05) is 0 Å². The van der Waals surface area contributed by atoms with Crippen LogP contribution in [0.1, 0.15) is 5.56 Å². The summed E-state index contributed by atoms with van der Waals surface area (Å²) in [4.78, 5) is 12.1. The Kier molecular flexibility index (Phi) is 5.40. The summed E-state index contributed by atoms with van der Waals surface area (Å²) in [7, 11) is -2.01. The number of hydrogen-bond acceptors (Lipinski definition) is 4. The monoisotopic (exact) mass is 352 g/mol. The molecule has 0 atom stereocenters. The molecule has 2 N–H and O–H groups in total. The largest absolute Gasteiger partial charge is 0.497 e. The third-order valence-electron chi connectivity index (χ3n) is 3.07. The Morgan fingerprint density at radius 3 is 2.38 bits per heavy atom. The first kappa shape index (κ1) is 17.7. The smallest absolute Gasteiger partial charge is 0.229 e. The van der Waals surface area contributed by atoms with E-state index in [9.17, 15) is 17.6 Å². The van der Waals surface area contributed by atoms with Crippen LogP contribution in [0.4, 0.5) is 15.8 Å². The summed E-state index contributed by atoms with van der Waals surface area (Å²) in [5.41, 5.74) is 0.892. The molecule has 0 aliphatic heterocycles. The molecule has 128 valence electrons. The van der Waals surface area contributed by atoms with Gasteiger partial charge in [0.05, 0.1) is 31.2 Å². The molecule has 0 bridgehead atoms. The van der Waals surface area contributed by atoms with Gasteiger partial charge in [0.2, 0.25) is 15.9 Å². The molecule has 24 heavy (non-hydrogen) atoms. The summed E-state index contributed by atoms with van der Waals surface area (Å²) < 4.78 is 43.4. The molecule has 2 rings (SSSR count). The summed E-state index contributed by atoms with van der Waals surface area (Å²) in [6, 6.07) is 10.3. The van der Waals surface area contributed by atoms with Gasteiger partial charge in [-0.25, -0.2) is 12.8 Å². The van der Waals surface area contributed by atoms with E-state index in [0.717, 1.165) is 24.0 Å². The highest BCUT2D eigenvalue weighted by Crippen LogP contribution is 2.24. The van der Waals surface area contributed by atoms with Crippen molar-refractivity contribution in [2.24, 2.45) is 0 Å². The Balaban J connectivity index is 2.14. The molecule has 2 aromatic carbocycles.